The van der Waals surface area contributed by atoms with E-state index in [1.807, 2.05) is 6.92 Å². The topological polar surface area (TPSA) is 92.4 Å². The lowest BCUT2D eigenvalue weighted by Gasteiger charge is -2.11. The molecule has 0 aliphatic carbocycles. The highest BCUT2D eigenvalue weighted by atomic mass is 16.4. The first-order chi connectivity index (χ1) is 8.93. The second kappa shape index (κ2) is 6.89. The molecule has 5 heteroatoms. The van der Waals surface area contributed by atoms with Crippen LogP contribution in [0.15, 0.2) is 18.2 Å². The van der Waals surface area contributed by atoms with Gasteiger partial charge in [-0.05, 0) is 31.0 Å². The first-order valence-corrected chi connectivity index (χ1v) is 6.33. The minimum atomic E-state index is -1.00. The summed E-state index contributed by atoms with van der Waals surface area (Å²) >= 11 is 0. The summed E-state index contributed by atoms with van der Waals surface area (Å²) in [5, 5.41) is 11.7. The Balaban J connectivity index is 2.69. The van der Waals surface area contributed by atoms with Crippen LogP contribution in [0.1, 0.15) is 42.1 Å². The fourth-order valence-electron chi connectivity index (χ4n) is 1.85. The van der Waals surface area contributed by atoms with Gasteiger partial charge in [0.05, 0.1) is 5.56 Å². The number of nitrogens with one attached hydrogen (secondary N) is 1. The molecular formula is C14H20N2O3. The molecule has 19 heavy (non-hydrogen) atoms. The lowest BCUT2D eigenvalue weighted by molar-refractivity contribution is -0.116. The number of carboxylic acids is 1. The second-order valence-electron chi connectivity index (χ2n) is 4.64. The first-order valence-electron chi connectivity index (χ1n) is 6.33. The molecule has 0 saturated carbocycles. The number of aryl methyl sites for hydroxylation is 1. The summed E-state index contributed by atoms with van der Waals surface area (Å²) in [6, 6.07) is 4.66. The number of anilines is 1. The molecule has 1 aromatic carbocycles. The van der Waals surface area contributed by atoms with Crippen LogP contribution < -0.4 is 11.1 Å². The van der Waals surface area contributed by atoms with Crippen molar-refractivity contribution in [3.8, 4) is 0 Å². The van der Waals surface area contributed by atoms with Crippen molar-refractivity contribution in [2.45, 2.75) is 39.2 Å². The number of hydrogen-bond acceptors (Lipinski definition) is 3. The van der Waals surface area contributed by atoms with Crippen molar-refractivity contribution in [3.05, 3.63) is 29.3 Å². The molecule has 0 aliphatic heterocycles. The van der Waals surface area contributed by atoms with E-state index < -0.39 is 5.97 Å². The van der Waals surface area contributed by atoms with Gasteiger partial charge in [-0.15, -0.1) is 0 Å². The molecule has 1 aromatic rings. The molecule has 1 rings (SSSR count). The van der Waals surface area contributed by atoms with Gasteiger partial charge in [0.1, 0.15) is 0 Å². The van der Waals surface area contributed by atoms with Gasteiger partial charge in [0, 0.05) is 18.2 Å². The van der Waals surface area contributed by atoms with Gasteiger partial charge in [0.2, 0.25) is 5.91 Å². The minimum absolute atomic E-state index is 0.158. The van der Waals surface area contributed by atoms with Crippen LogP contribution in [0.5, 0.6) is 0 Å². The third kappa shape index (κ3) is 4.71. The minimum Gasteiger partial charge on any atom is -0.478 e. The van der Waals surface area contributed by atoms with E-state index in [-0.39, 0.29) is 23.9 Å². The van der Waals surface area contributed by atoms with Crippen LogP contribution in [0.25, 0.3) is 0 Å². The van der Waals surface area contributed by atoms with Crippen molar-refractivity contribution in [2.24, 2.45) is 5.73 Å². The van der Waals surface area contributed by atoms with Crippen molar-refractivity contribution in [3.63, 3.8) is 0 Å². The maximum atomic E-state index is 11.7. The van der Waals surface area contributed by atoms with Crippen molar-refractivity contribution in [2.75, 3.05) is 5.32 Å². The zero-order valence-electron chi connectivity index (χ0n) is 11.3. The van der Waals surface area contributed by atoms with E-state index in [4.69, 9.17) is 10.8 Å². The Morgan fingerprint density at radius 2 is 2.11 bits per heavy atom. The van der Waals surface area contributed by atoms with Crippen molar-refractivity contribution >= 4 is 17.6 Å². The molecule has 5 nitrogen and oxygen atoms in total. The average molecular weight is 264 g/mol. The Labute approximate surface area is 112 Å². The zero-order valence-corrected chi connectivity index (χ0v) is 11.3. The second-order valence-corrected chi connectivity index (χ2v) is 4.64. The molecule has 1 unspecified atom stereocenters. The summed E-state index contributed by atoms with van der Waals surface area (Å²) in [4.78, 5) is 22.7. The number of amides is 1. The van der Waals surface area contributed by atoms with Gasteiger partial charge in [-0.25, -0.2) is 4.79 Å². The van der Waals surface area contributed by atoms with E-state index in [9.17, 15) is 9.59 Å². The molecular weight excluding hydrogens is 244 g/mol. The van der Waals surface area contributed by atoms with Gasteiger partial charge in [0.25, 0.3) is 0 Å². The number of nitrogens with two attached hydrogens (primary N) is 1. The Morgan fingerprint density at radius 1 is 1.42 bits per heavy atom. The van der Waals surface area contributed by atoms with Gasteiger partial charge in [-0.1, -0.05) is 19.4 Å². The third-order valence-electron chi connectivity index (χ3n) is 2.86. The fraction of sp³-hybridized carbons (Fsp3) is 0.429. The lowest BCUT2D eigenvalue weighted by Crippen LogP contribution is -2.26. The molecule has 0 heterocycles. The van der Waals surface area contributed by atoms with Gasteiger partial charge < -0.3 is 16.2 Å². The highest BCUT2D eigenvalue weighted by Crippen LogP contribution is 2.16. The van der Waals surface area contributed by atoms with Crippen molar-refractivity contribution in [1.29, 1.82) is 0 Å². The molecule has 4 N–H and O–H groups in total. The standard InChI is InChI=1S/C14H20N2O3/c1-3-4-10(15)7-13(17)16-11-6-5-9(2)12(8-11)14(18)19/h5-6,8,10H,3-4,7,15H2,1-2H3,(H,16,17)(H,18,19). The maximum Gasteiger partial charge on any atom is 0.336 e. The van der Waals surface area contributed by atoms with Crippen LogP contribution in [0.3, 0.4) is 0 Å². The van der Waals surface area contributed by atoms with E-state index in [0.29, 0.717) is 11.3 Å². The molecule has 1 amide bonds. The number of hydrogen-bond donors (Lipinski definition) is 3. The van der Waals surface area contributed by atoms with Crippen LogP contribution in [0.4, 0.5) is 5.69 Å². The van der Waals surface area contributed by atoms with E-state index in [0.717, 1.165) is 12.8 Å². The van der Waals surface area contributed by atoms with Gasteiger partial charge in [-0.2, -0.15) is 0 Å². The molecule has 0 radical (unpaired) electrons. The van der Waals surface area contributed by atoms with Crippen LogP contribution in [-0.2, 0) is 4.79 Å². The summed E-state index contributed by atoms with van der Waals surface area (Å²) in [6.07, 6.45) is 1.97. The summed E-state index contributed by atoms with van der Waals surface area (Å²) in [5.41, 5.74) is 7.12. The Bertz CT molecular complexity index is 472. The van der Waals surface area contributed by atoms with Crippen molar-refractivity contribution in [1.82, 2.24) is 0 Å². The Kier molecular flexibility index (Phi) is 5.51. The molecule has 0 aromatic heterocycles. The molecule has 0 aliphatic rings. The van der Waals surface area contributed by atoms with Crippen LogP contribution >= 0.6 is 0 Å². The van der Waals surface area contributed by atoms with Gasteiger partial charge in [0.15, 0.2) is 0 Å². The normalized spacial score (nSPS) is 11.9. The highest BCUT2D eigenvalue weighted by Gasteiger charge is 2.11. The molecule has 0 fully saturated rings. The number of benzene rings is 1. The molecule has 0 saturated heterocycles. The highest BCUT2D eigenvalue weighted by molar-refractivity contribution is 5.94. The van der Waals surface area contributed by atoms with Gasteiger partial charge in [-0.3, -0.25) is 4.79 Å². The van der Waals surface area contributed by atoms with Gasteiger partial charge >= 0.3 is 5.97 Å². The first kappa shape index (κ1) is 15.2. The SMILES string of the molecule is CCCC(N)CC(=O)Nc1ccc(C)c(C(=O)O)c1. The molecule has 0 bridgehead atoms. The van der Waals surface area contributed by atoms with E-state index in [1.54, 1.807) is 19.1 Å². The van der Waals surface area contributed by atoms with Crippen LogP contribution in [-0.4, -0.2) is 23.0 Å². The third-order valence-corrected chi connectivity index (χ3v) is 2.86. The van der Waals surface area contributed by atoms with E-state index in [1.165, 1.54) is 6.07 Å². The lowest BCUT2D eigenvalue weighted by atomic mass is 10.1. The predicted molar refractivity (Wildman–Crippen MR) is 74.3 cm³/mol. The Morgan fingerprint density at radius 3 is 2.68 bits per heavy atom. The Hall–Kier alpha value is -1.88. The summed E-state index contributed by atoms with van der Waals surface area (Å²) in [5.74, 6) is -1.20. The molecule has 1 atom stereocenters. The largest absolute Gasteiger partial charge is 0.478 e. The molecule has 104 valence electrons. The summed E-state index contributed by atoms with van der Waals surface area (Å²) in [7, 11) is 0. The average Bonchev–Trinajstić information content (AvgIpc) is 2.31. The van der Waals surface area contributed by atoms with Crippen LogP contribution in [0, 0.1) is 6.92 Å². The smallest absolute Gasteiger partial charge is 0.336 e. The van der Waals surface area contributed by atoms with E-state index in [2.05, 4.69) is 5.32 Å². The zero-order chi connectivity index (χ0) is 14.4. The fourth-order valence-corrected chi connectivity index (χ4v) is 1.85. The number of carbonyl (C=O) groups is 2. The summed E-state index contributed by atoms with van der Waals surface area (Å²) < 4.78 is 0. The number of carboxylic acid groups (broad SMARTS) is 1. The monoisotopic (exact) mass is 264 g/mol. The predicted octanol–water partition coefficient (Wildman–Crippen LogP) is 2.15. The van der Waals surface area contributed by atoms with Crippen LogP contribution in [0.2, 0.25) is 0 Å². The van der Waals surface area contributed by atoms with E-state index >= 15 is 0 Å². The number of rotatable bonds is 6. The quantitative estimate of drug-likeness (QED) is 0.734. The number of carbonyl (C=O) groups excluding carboxylic acids is 1. The van der Waals surface area contributed by atoms with Crippen molar-refractivity contribution < 1.29 is 14.7 Å². The molecule has 0 spiro atoms. The number of aromatic carboxylic acids is 1. The summed E-state index contributed by atoms with van der Waals surface area (Å²) in [6.45, 7) is 3.73. The maximum absolute atomic E-state index is 11.7.